The van der Waals surface area contributed by atoms with Gasteiger partial charge < -0.3 is 15.4 Å². The number of carbonyl (C=O) groups excluding carboxylic acids is 1. The number of rotatable bonds is 5. The molecule has 1 heterocycles. The van der Waals surface area contributed by atoms with Crippen molar-refractivity contribution in [2.45, 2.75) is 57.7 Å². The summed E-state index contributed by atoms with van der Waals surface area (Å²) >= 11 is 1.74. The summed E-state index contributed by atoms with van der Waals surface area (Å²) in [5, 5.41) is 10.7. The first-order valence-corrected chi connectivity index (χ1v) is 8.10. The fraction of sp³-hybridized carbons (Fsp3) is 0.667. The Kier molecular flexibility index (Phi) is 5.05. The van der Waals surface area contributed by atoms with Crippen LogP contribution in [0.5, 0.6) is 0 Å². The van der Waals surface area contributed by atoms with E-state index in [-0.39, 0.29) is 12.1 Å². The molecule has 0 aromatic carbocycles. The van der Waals surface area contributed by atoms with Gasteiger partial charge in [-0.1, -0.05) is 0 Å². The summed E-state index contributed by atoms with van der Waals surface area (Å²) in [7, 11) is 0. The lowest BCUT2D eigenvalue weighted by Crippen LogP contribution is -2.53. The zero-order valence-corrected chi connectivity index (χ0v) is 13.3. The van der Waals surface area contributed by atoms with Crippen LogP contribution in [0.4, 0.5) is 4.79 Å². The van der Waals surface area contributed by atoms with Crippen LogP contribution in [-0.2, 0) is 11.2 Å². The number of carbonyl (C=O) groups is 1. The van der Waals surface area contributed by atoms with Crippen LogP contribution in [0, 0.1) is 0 Å². The molecule has 1 saturated carbocycles. The van der Waals surface area contributed by atoms with Gasteiger partial charge in [0.2, 0.25) is 0 Å². The van der Waals surface area contributed by atoms with Crippen LogP contribution in [-0.4, -0.2) is 30.3 Å². The molecule has 1 amide bonds. The van der Waals surface area contributed by atoms with Crippen LogP contribution in [0.2, 0.25) is 0 Å². The summed E-state index contributed by atoms with van der Waals surface area (Å²) in [6.45, 7) is 6.63. The van der Waals surface area contributed by atoms with Crippen molar-refractivity contribution in [2.24, 2.45) is 0 Å². The summed E-state index contributed by atoms with van der Waals surface area (Å²) < 4.78 is 5.24. The molecule has 0 bridgehead atoms. The second-order valence-electron chi connectivity index (χ2n) is 6.35. The molecule has 1 aromatic heterocycles. The van der Waals surface area contributed by atoms with Crippen LogP contribution >= 0.6 is 11.3 Å². The number of thiophene rings is 1. The van der Waals surface area contributed by atoms with Gasteiger partial charge in [-0.2, -0.15) is 11.3 Å². The standard InChI is InChI=1S/C15H24N2O2S/c1-15(2,3)19-14(18)17-13-8-12(9-13)16-6-4-11-5-7-20-10-11/h5,7,10,12-13,16H,4,6,8-9H2,1-3H3,(H,17,18). The lowest BCUT2D eigenvalue weighted by Gasteiger charge is -2.36. The van der Waals surface area contributed by atoms with Crippen LogP contribution in [0.15, 0.2) is 16.8 Å². The highest BCUT2D eigenvalue weighted by molar-refractivity contribution is 7.07. The van der Waals surface area contributed by atoms with Crippen LogP contribution in [0.25, 0.3) is 0 Å². The Hall–Kier alpha value is -1.07. The zero-order valence-electron chi connectivity index (χ0n) is 12.4. The first-order chi connectivity index (χ1) is 9.42. The van der Waals surface area contributed by atoms with Gasteiger partial charge in [0.15, 0.2) is 0 Å². The Morgan fingerprint density at radius 2 is 2.15 bits per heavy atom. The average Bonchev–Trinajstić information content (AvgIpc) is 2.75. The molecular weight excluding hydrogens is 272 g/mol. The van der Waals surface area contributed by atoms with Crippen LogP contribution < -0.4 is 10.6 Å². The monoisotopic (exact) mass is 296 g/mol. The molecule has 5 heteroatoms. The molecule has 112 valence electrons. The number of amides is 1. The molecule has 2 rings (SSSR count). The maximum absolute atomic E-state index is 11.6. The number of ether oxygens (including phenoxy) is 1. The molecule has 0 atom stereocenters. The molecule has 0 spiro atoms. The smallest absolute Gasteiger partial charge is 0.407 e. The summed E-state index contributed by atoms with van der Waals surface area (Å²) in [6.07, 6.45) is 2.75. The summed E-state index contributed by atoms with van der Waals surface area (Å²) in [6, 6.07) is 2.94. The Labute approximate surface area is 124 Å². The van der Waals surface area contributed by atoms with Gasteiger partial charge in [0, 0.05) is 12.1 Å². The predicted molar refractivity (Wildman–Crippen MR) is 82.2 cm³/mol. The van der Waals surface area contributed by atoms with E-state index in [1.54, 1.807) is 11.3 Å². The molecule has 4 nitrogen and oxygen atoms in total. The quantitative estimate of drug-likeness (QED) is 0.878. The molecular formula is C15H24N2O2S. The number of nitrogens with one attached hydrogen (secondary N) is 2. The van der Waals surface area contributed by atoms with E-state index in [0.29, 0.717) is 6.04 Å². The maximum Gasteiger partial charge on any atom is 0.407 e. The fourth-order valence-corrected chi connectivity index (χ4v) is 2.94. The van der Waals surface area contributed by atoms with Gasteiger partial charge in [0.25, 0.3) is 0 Å². The van der Waals surface area contributed by atoms with Gasteiger partial charge in [-0.25, -0.2) is 4.79 Å². The van der Waals surface area contributed by atoms with Crippen LogP contribution in [0.1, 0.15) is 39.2 Å². The van der Waals surface area contributed by atoms with Crippen molar-refractivity contribution in [1.82, 2.24) is 10.6 Å². The van der Waals surface area contributed by atoms with Crippen molar-refractivity contribution in [1.29, 1.82) is 0 Å². The van der Waals surface area contributed by atoms with Gasteiger partial charge in [-0.15, -0.1) is 0 Å². The molecule has 0 aliphatic heterocycles. The third-order valence-corrected chi connectivity index (χ3v) is 4.02. The zero-order chi connectivity index (χ0) is 14.6. The Balaban J connectivity index is 1.55. The highest BCUT2D eigenvalue weighted by atomic mass is 32.1. The van der Waals surface area contributed by atoms with E-state index in [2.05, 4.69) is 27.5 Å². The van der Waals surface area contributed by atoms with E-state index >= 15 is 0 Å². The predicted octanol–water partition coefficient (Wildman–Crippen LogP) is 2.94. The normalized spacial score (nSPS) is 22.1. The molecule has 20 heavy (non-hydrogen) atoms. The molecule has 0 radical (unpaired) electrons. The van der Waals surface area contributed by atoms with Crippen molar-refractivity contribution in [3.63, 3.8) is 0 Å². The van der Waals surface area contributed by atoms with Gasteiger partial charge >= 0.3 is 6.09 Å². The van der Waals surface area contributed by atoms with Gasteiger partial charge in [0.05, 0.1) is 0 Å². The third kappa shape index (κ3) is 5.13. The van der Waals surface area contributed by atoms with Crippen molar-refractivity contribution in [3.05, 3.63) is 22.4 Å². The maximum atomic E-state index is 11.6. The molecule has 1 fully saturated rings. The number of hydrogen-bond acceptors (Lipinski definition) is 4. The molecule has 1 aliphatic carbocycles. The van der Waals surface area contributed by atoms with Gasteiger partial charge in [-0.3, -0.25) is 0 Å². The Morgan fingerprint density at radius 3 is 2.75 bits per heavy atom. The molecule has 0 saturated heterocycles. The van der Waals surface area contributed by atoms with Crippen molar-refractivity contribution < 1.29 is 9.53 Å². The first kappa shape index (κ1) is 15.3. The van der Waals surface area contributed by atoms with E-state index in [1.807, 2.05) is 20.8 Å². The number of hydrogen-bond donors (Lipinski definition) is 2. The molecule has 2 N–H and O–H groups in total. The molecule has 1 aromatic rings. The summed E-state index contributed by atoms with van der Waals surface area (Å²) in [4.78, 5) is 11.6. The molecule has 0 unspecified atom stereocenters. The minimum atomic E-state index is -0.425. The summed E-state index contributed by atoms with van der Waals surface area (Å²) in [5.41, 5.74) is 0.969. The second-order valence-corrected chi connectivity index (χ2v) is 7.13. The SMILES string of the molecule is CC(C)(C)OC(=O)NC1CC(NCCc2ccsc2)C1. The number of alkyl carbamates (subject to hydrolysis) is 1. The third-order valence-electron chi connectivity index (χ3n) is 3.29. The van der Waals surface area contributed by atoms with E-state index in [4.69, 9.17) is 4.74 Å². The highest BCUT2D eigenvalue weighted by Gasteiger charge is 2.31. The van der Waals surface area contributed by atoms with Gasteiger partial charge in [-0.05, 0) is 69.0 Å². The van der Waals surface area contributed by atoms with E-state index < -0.39 is 5.60 Å². The fourth-order valence-electron chi connectivity index (χ4n) is 2.23. The van der Waals surface area contributed by atoms with E-state index in [0.717, 1.165) is 25.8 Å². The first-order valence-electron chi connectivity index (χ1n) is 7.16. The topological polar surface area (TPSA) is 50.4 Å². The lowest BCUT2D eigenvalue weighted by atomic mass is 9.87. The minimum Gasteiger partial charge on any atom is -0.444 e. The van der Waals surface area contributed by atoms with Crippen molar-refractivity contribution in [3.8, 4) is 0 Å². The second kappa shape index (κ2) is 6.59. The minimum absolute atomic E-state index is 0.253. The van der Waals surface area contributed by atoms with E-state index in [9.17, 15) is 4.79 Å². The Morgan fingerprint density at radius 1 is 1.40 bits per heavy atom. The van der Waals surface area contributed by atoms with Crippen molar-refractivity contribution in [2.75, 3.05) is 6.54 Å². The van der Waals surface area contributed by atoms with Gasteiger partial charge in [0.1, 0.15) is 5.60 Å². The molecule has 1 aliphatic rings. The average molecular weight is 296 g/mol. The Bertz CT molecular complexity index is 420. The largest absolute Gasteiger partial charge is 0.444 e. The lowest BCUT2D eigenvalue weighted by molar-refractivity contribution is 0.0465. The van der Waals surface area contributed by atoms with E-state index in [1.165, 1.54) is 5.56 Å². The summed E-state index contributed by atoms with van der Waals surface area (Å²) in [5.74, 6) is 0. The highest BCUT2D eigenvalue weighted by Crippen LogP contribution is 2.20. The van der Waals surface area contributed by atoms with Crippen molar-refractivity contribution >= 4 is 17.4 Å². The van der Waals surface area contributed by atoms with Crippen LogP contribution in [0.3, 0.4) is 0 Å².